The number of nitrogens with two attached hydrogens (primary N) is 1. The maximum Gasteiger partial charge on any atom is 0.227 e. The van der Waals surface area contributed by atoms with Crippen LogP contribution in [0.4, 0.5) is 0 Å². The first-order chi connectivity index (χ1) is 8.58. The Labute approximate surface area is 109 Å². The van der Waals surface area contributed by atoms with Gasteiger partial charge in [0.2, 0.25) is 5.91 Å². The molecule has 4 heteroatoms. The van der Waals surface area contributed by atoms with Gasteiger partial charge in [0, 0.05) is 31.7 Å². The predicted molar refractivity (Wildman–Crippen MR) is 71.0 cm³/mol. The Kier molecular flexibility index (Phi) is 3.10. The number of carbonyl (C=O) groups is 1. The molecule has 0 spiro atoms. The lowest BCUT2D eigenvalue weighted by molar-refractivity contribution is -0.140. The molecule has 102 valence electrons. The van der Waals surface area contributed by atoms with Gasteiger partial charge < -0.3 is 15.5 Å². The van der Waals surface area contributed by atoms with Crippen LogP contribution in [0.25, 0.3) is 0 Å². The third-order valence-electron chi connectivity index (χ3n) is 5.54. The molecule has 2 bridgehead atoms. The van der Waals surface area contributed by atoms with Crippen molar-refractivity contribution < 1.29 is 4.79 Å². The van der Waals surface area contributed by atoms with Gasteiger partial charge in [0.15, 0.2) is 0 Å². The van der Waals surface area contributed by atoms with E-state index in [-0.39, 0.29) is 12.0 Å². The van der Waals surface area contributed by atoms with Crippen molar-refractivity contribution in [3.63, 3.8) is 0 Å². The predicted octanol–water partition coefficient (Wildman–Crippen LogP) is 0.522. The number of hydrogen-bond donors (Lipinski definition) is 1. The standard InChI is InChI=1S/C14H25N3O/c1-9-8-17(6-5-16(9)2)14(18)12-10-3-4-11(7-10)13(12)15/h9-13H,3-8,15H2,1-2H3. The zero-order valence-corrected chi connectivity index (χ0v) is 11.5. The number of nitrogens with zero attached hydrogens (tertiary/aromatic N) is 2. The SMILES string of the molecule is CC1CN(C(=O)C2C3CCC(C3)C2N)CCN1C. The van der Waals surface area contributed by atoms with Gasteiger partial charge in [-0.2, -0.15) is 0 Å². The number of rotatable bonds is 1. The number of amides is 1. The van der Waals surface area contributed by atoms with Crippen molar-refractivity contribution in [2.45, 2.75) is 38.3 Å². The second-order valence-corrected chi connectivity index (χ2v) is 6.55. The summed E-state index contributed by atoms with van der Waals surface area (Å²) in [5.74, 6) is 1.66. The molecule has 3 aliphatic rings. The molecule has 2 saturated carbocycles. The molecule has 18 heavy (non-hydrogen) atoms. The van der Waals surface area contributed by atoms with Crippen molar-refractivity contribution in [1.82, 2.24) is 9.80 Å². The van der Waals surface area contributed by atoms with Crippen molar-refractivity contribution in [3.8, 4) is 0 Å². The minimum absolute atomic E-state index is 0.124. The molecule has 5 atom stereocenters. The Balaban J connectivity index is 1.68. The van der Waals surface area contributed by atoms with E-state index in [0.717, 1.165) is 19.6 Å². The summed E-state index contributed by atoms with van der Waals surface area (Å²) in [6.45, 7) is 4.93. The van der Waals surface area contributed by atoms with Gasteiger partial charge in [0.25, 0.3) is 0 Å². The highest BCUT2D eigenvalue weighted by Gasteiger charge is 2.50. The first-order valence-electron chi connectivity index (χ1n) is 7.32. The summed E-state index contributed by atoms with van der Waals surface area (Å²) < 4.78 is 0. The summed E-state index contributed by atoms with van der Waals surface area (Å²) in [6.07, 6.45) is 3.66. The molecule has 0 aromatic heterocycles. The number of hydrogen-bond acceptors (Lipinski definition) is 3. The average Bonchev–Trinajstić information content (AvgIpc) is 2.92. The fraction of sp³-hybridized carbons (Fsp3) is 0.929. The van der Waals surface area contributed by atoms with Crippen molar-refractivity contribution >= 4 is 5.91 Å². The van der Waals surface area contributed by atoms with Gasteiger partial charge in [-0.15, -0.1) is 0 Å². The van der Waals surface area contributed by atoms with Crippen LogP contribution in [0.3, 0.4) is 0 Å². The van der Waals surface area contributed by atoms with Gasteiger partial charge in [-0.05, 0) is 45.1 Å². The van der Waals surface area contributed by atoms with Gasteiger partial charge >= 0.3 is 0 Å². The number of piperazine rings is 1. The van der Waals surface area contributed by atoms with E-state index in [1.807, 2.05) is 0 Å². The minimum atomic E-state index is 0.124. The van der Waals surface area contributed by atoms with Crippen LogP contribution in [0.5, 0.6) is 0 Å². The third-order valence-corrected chi connectivity index (χ3v) is 5.54. The largest absolute Gasteiger partial charge is 0.340 e. The molecule has 1 amide bonds. The number of likely N-dealkylation sites (N-methyl/N-ethyl adjacent to an activating group) is 1. The molecule has 1 saturated heterocycles. The zero-order valence-electron chi connectivity index (χ0n) is 11.5. The first-order valence-corrected chi connectivity index (χ1v) is 7.32. The molecular weight excluding hydrogens is 226 g/mol. The Morgan fingerprint density at radius 3 is 2.56 bits per heavy atom. The highest BCUT2D eigenvalue weighted by atomic mass is 16.2. The minimum Gasteiger partial charge on any atom is -0.340 e. The van der Waals surface area contributed by atoms with Crippen LogP contribution in [0, 0.1) is 17.8 Å². The molecule has 2 N–H and O–H groups in total. The lowest BCUT2D eigenvalue weighted by atomic mass is 9.84. The summed E-state index contributed by atoms with van der Waals surface area (Å²) in [6, 6.07) is 0.601. The molecule has 5 unspecified atom stereocenters. The van der Waals surface area contributed by atoms with Crippen LogP contribution in [0.2, 0.25) is 0 Å². The average molecular weight is 251 g/mol. The van der Waals surface area contributed by atoms with E-state index in [9.17, 15) is 4.79 Å². The van der Waals surface area contributed by atoms with Crippen LogP contribution in [-0.2, 0) is 4.79 Å². The monoisotopic (exact) mass is 251 g/mol. The fourth-order valence-electron chi connectivity index (χ4n) is 4.16. The Morgan fingerprint density at radius 2 is 1.94 bits per heavy atom. The number of fused-ring (bicyclic) bond motifs is 2. The van der Waals surface area contributed by atoms with Gasteiger partial charge in [0.1, 0.15) is 0 Å². The number of carbonyl (C=O) groups excluding carboxylic acids is 1. The van der Waals surface area contributed by atoms with Gasteiger partial charge in [-0.25, -0.2) is 0 Å². The van der Waals surface area contributed by atoms with Gasteiger partial charge in [-0.1, -0.05) is 0 Å². The Morgan fingerprint density at radius 1 is 1.22 bits per heavy atom. The molecule has 0 aromatic carbocycles. The summed E-state index contributed by atoms with van der Waals surface area (Å²) in [4.78, 5) is 17.1. The molecular formula is C14H25N3O. The summed E-state index contributed by atoms with van der Waals surface area (Å²) in [5, 5.41) is 0. The molecule has 4 nitrogen and oxygen atoms in total. The topological polar surface area (TPSA) is 49.6 Å². The van der Waals surface area contributed by atoms with Crippen LogP contribution < -0.4 is 5.73 Å². The third kappa shape index (κ3) is 1.86. The molecule has 2 aliphatic carbocycles. The molecule has 0 radical (unpaired) electrons. The highest BCUT2D eigenvalue weighted by molar-refractivity contribution is 5.80. The zero-order chi connectivity index (χ0) is 12.9. The van der Waals surface area contributed by atoms with Gasteiger partial charge in [0.05, 0.1) is 5.92 Å². The van der Waals surface area contributed by atoms with E-state index in [4.69, 9.17) is 5.73 Å². The van der Waals surface area contributed by atoms with Crippen LogP contribution in [0.15, 0.2) is 0 Å². The second-order valence-electron chi connectivity index (χ2n) is 6.55. The van der Waals surface area contributed by atoms with Crippen molar-refractivity contribution in [2.24, 2.45) is 23.5 Å². The summed E-state index contributed by atoms with van der Waals surface area (Å²) >= 11 is 0. The van der Waals surface area contributed by atoms with Crippen LogP contribution >= 0.6 is 0 Å². The van der Waals surface area contributed by atoms with Crippen molar-refractivity contribution in [2.75, 3.05) is 26.7 Å². The lowest BCUT2D eigenvalue weighted by Gasteiger charge is -2.40. The van der Waals surface area contributed by atoms with E-state index >= 15 is 0 Å². The maximum absolute atomic E-state index is 12.7. The van der Waals surface area contributed by atoms with Crippen molar-refractivity contribution in [3.05, 3.63) is 0 Å². The quantitative estimate of drug-likeness (QED) is 0.739. The van der Waals surface area contributed by atoms with Crippen molar-refractivity contribution in [1.29, 1.82) is 0 Å². The van der Waals surface area contributed by atoms with E-state index in [2.05, 4.69) is 23.8 Å². The molecule has 3 rings (SSSR count). The van der Waals surface area contributed by atoms with E-state index in [0.29, 0.717) is 23.8 Å². The fourth-order valence-corrected chi connectivity index (χ4v) is 4.16. The molecule has 3 fully saturated rings. The normalized spacial score (nSPS) is 44.6. The second kappa shape index (κ2) is 4.49. The maximum atomic E-state index is 12.7. The highest BCUT2D eigenvalue weighted by Crippen LogP contribution is 2.48. The summed E-state index contributed by atoms with van der Waals surface area (Å²) in [7, 11) is 2.13. The Bertz CT molecular complexity index is 344. The summed E-state index contributed by atoms with van der Waals surface area (Å²) in [5.41, 5.74) is 6.28. The van der Waals surface area contributed by atoms with Crippen LogP contribution in [-0.4, -0.2) is 54.5 Å². The molecule has 0 aromatic rings. The molecule has 1 aliphatic heterocycles. The first kappa shape index (κ1) is 12.4. The van der Waals surface area contributed by atoms with Gasteiger partial charge in [-0.3, -0.25) is 4.79 Å². The van der Waals surface area contributed by atoms with Crippen LogP contribution in [0.1, 0.15) is 26.2 Å². The van der Waals surface area contributed by atoms with E-state index in [1.165, 1.54) is 19.3 Å². The smallest absolute Gasteiger partial charge is 0.227 e. The van der Waals surface area contributed by atoms with E-state index < -0.39 is 0 Å². The van der Waals surface area contributed by atoms with E-state index in [1.54, 1.807) is 0 Å². The molecule has 1 heterocycles. The lowest BCUT2D eigenvalue weighted by Crippen LogP contribution is -2.56. The Hall–Kier alpha value is -0.610.